The van der Waals surface area contributed by atoms with E-state index in [1.807, 2.05) is 0 Å². The number of amides is 1. The van der Waals surface area contributed by atoms with Crippen molar-refractivity contribution in [3.63, 3.8) is 0 Å². The number of rotatable bonds is 4. The molecule has 0 unspecified atom stereocenters. The molecule has 0 aliphatic heterocycles. The molecule has 0 spiro atoms. The number of hydrogen-bond donors (Lipinski definition) is 1. The highest BCUT2D eigenvalue weighted by Gasteiger charge is 2.24. The van der Waals surface area contributed by atoms with Gasteiger partial charge in [-0.25, -0.2) is 8.42 Å². The van der Waals surface area contributed by atoms with E-state index in [-0.39, 0.29) is 4.90 Å². The van der Waals surface area contributed by atoms with Crippen LogP contribution in [0, 0.1) is 0 Å². The van der Waals surface area contributed by atoms with Crippen molar-refractivity contribution in [2.45, 2.75) is 4.90 Å². The van der Waals surface area contributed by atoms with E-state index in [2.05, 4.69) is 0 Å². The predicted molar refractivity (Wildman–Crippen MR) is 77.2 cm³/mol. The van der Waals surface area contributed by atoms with Gasteiger partial charge in [0.05, 0.1) is 4.90 Å². The van der Waals surface area contributed by atoms with Crippen molar-refractivity contribution in [1.82, 2.24) is 0 Å². The van der Waals surface area contributed by atoms with Crippen molar-refractivity contribution in [3.8, 4) is 0 Å². The van der Waals surface area contributed by atoms with E-state index in [0.29, 0.717) is 5.56 Å². The molecular weight excluding hydrogens is 274 g/mol. The maximum atomic E-state index is 12.4. The minimum Gasteiger partial charge on any atom is -0.365 e. The van der Waals surface area contributed by atoms with Gasteiger partial charge in [0.15, 0.2) is 0 Å². The minimum absolute atomic E-state index is 0.0426. The summed E-state index contributed by atoms with van der Waals surface area (Å²) in [6.07, 6.45) is 1.28. The first-order chi connectivity index (χ1) is 9.51. The average Bonchev–Trinajstić information content (AvgIpc) is 2.46. The van der Waals surface area contributed by atoms with E-state index in [0.717, 1.165) is 0 Å². The molecule has 0 heterocycles. The Hall–Kier alpha value is -2.40. The molecule has 0 aliphatic carbocycles. The summed E-state index contributed by atoms with van der Waals surface area (Å²) in [5, 5.41) is 0. The molecule has 0 aromatic heterocycles. The second-order valence-electron chi connectivity index (χ2n) is 4.10. The van der Waals surface area contributed by atoms with Crippen LogP contribution in [-0.2, 0) is 14.6 Å². The summed E-state index contributed by atoms with van der Waals surface area (Å²) in [6, 6.07) is 16.4. The Labute approximate surface area is 117 Å². The molecule has 5 heteroatoms. The summed E-state index contributed by atoms with van der Waals surface area (Å²) in [6.45, 7) is 0. The topological polar surface area (TPSA) is 77.2 Å². The van der Waals surface area contributed by atoms with Crippen molar-refractivity contribution < 1.29 is 13.2 Å². The van der Waals surface area contributed by atoms with Crippen molar-refractivity contribution >= 4 is 21.8 Å². The monoisotopic (exact) mass is 287 g/mol. The summed E-state index contributed by atoms with van der Waals surface area (Å²) < 4.78 is 24.8. The van der Waals surface area contributed by atoms with E-state index in [9.17, 15) is 13.2 Å². The first-order valence-corrected chi connectivity index (χ1v) is 7.37. The number of nitrogens with two attached hydrogens (primary N) is 1. The number of benzene rings is 2. The van der Waals surface area contributed by atoms with E-state index in [1.165, 1.54) is 18.2 Å². The first kappa shape index (κ1) is 14.0. The third kappa shape index (κ3) is 2.95. The number of carbonyl (C=O) groups is 1. The lowest BCUT2D eigenvalue weighted by atomic mass is 10.2. The minimum atomic E-state index is -3.91. The lowest BCUT2D eigenvalue weighted by molar-refractivity contribution is -0.113. The van der Waals surface area contributed by atoms with Gasteiger partial charge in [0.1, 0.15) is 4.91 Å². The molecule has 2 rings (SSSR count). The molecule has 2 aromatic rings. The highest BCUT2D eigenvalue weighted by Crippen LogP contribution is 2.21. The molecule has 0 saturated heterocycles. The zero-order chi connectivity index (χ0) is 14.6. The fraction of sp³-hybridized carbons (Fsp3) is 0. The number of primary amides is 1. The Morgan fingerprint density at radius 3 is 1.90 bits per heavy atom. The summed E-state index contributed by atoms with van der Waals surface area (Å²) >= 11 is 0. The molecule has 102 valence electrons. The van der Waals surface area contributed by atoms with E-state index in [1.54, 1.807) is 48.5 Å². The molecule has 0 bridgehead atoms. The van der Waals surface area contributed by atoms with Gasteiger partial charge in [-0.05, 0) is 23.8 Å². The van der Waals surface area contributed by atoms with Crippen molar-refractivity contribution in [1.29, 1.82) is 0 Å². The quantitative estimate of drug-likeness (QED) is 0.873. The van der Waals surface area contributed by atoms with Gasteiger partial charge in [-0.3, -0.25) is 4.79 Å². The molecule has 20 heavy (non-hydrogen) atoms. The number of hydrogen-bond acceptors (Lipinski definition) is 3. The van der Waals surface area contributed by atoms with Crippen LogP contribution < -0.4 is 5.73 Å². The summed E-state index contributed by atoms with van der Waals surface area (Å²) in [5.74, 6) is -0.974. The largest absolute Gasteiger partial charge is 0.365 e. The van der Waals surface area contributed by atoms with Gasteiger partial charge in [-0.15, -0.1) is 0 Å². The van der Waals surface area contributed by atoms with Crippen LogP contribution in [0.5, 0.6) is 0 Å². The van der Waals surface area contributed by atoms with Crippen molar-refractivity contribution in [3.05, 3.63) is 71.1 Å². The van der Waals surface area contributed by atoms with Crippen LogP contribution in [0.2, 0.25) is 0 Å². The summed E-state index contributed by atoms with van der Waals surface area (Å²) in [4.78, 5) is 11.1. The molecule has 0 radical (unpaired) electrons. The molecule has 0 atom stereocenters. The van der Waals surface area contributed by atoms with Gasteiger partial charge in [0, 0.05) is 0 Å². The standard InChI is InChI=1S/C15H13NO3S/c16-15(17)14(11-12-7-3-1-4-8-12)20(18,19)13-9-5-2-6-10-13/h1-11H,(H2,16,17)/b14-11+. The zero-order valence-corrected chi connectivity index (χ0v) is 11.4. The van der Waals surface area contributed by atoms with Gasteiger partial charge >= 0.3 is 0 Å². The van der Waals surface area contributed by atoms with E-state index < -0.39 is 20.6 Å². The zero-order valence-electron chi connectivity index (χ0n) is 10.6. The fourth-order valence-electron chi connectivity index (χ4n) is 1.71. The third-order valence-electron chi connectivity index (χ3n) is 2.68. The highest BCUT2D eigenvalue weighted by molar-refractivity contribution is 7.96. The van der Waals surface area contributed by atoms with Gasteiger partial charge < -0.3 is 5.73 Å². The summed E-state index contributed by atoms with van der Waals surface area (Å²) in [7, 11) is -3.91. The molecule has 2 N–H and O–H groups in total. The average molecular weight is 287 g/mol. The lowest BCUT2D eigenvalue weighted by Gasteiger charge is -2.06. The van der Waals surface area contributed by atoms with Crippen LogP contribution in [-0.4, -0.2) is 14.3 Å². The number of carbonyl (C=O) groups excluding carboxylic acids is 1. The van der Waals surface area contributed by atoms with E-state index >= 15 is 0 Å². The van der Waals surface area contributed by atoms with E-state index in [4.69, 9.17) is 5.73 Å². The molecule has 4 nitrogen and oxygen atoms in total. The van der Waals surface area contributed by atoms with Gasteiger partial charge in [0.25, 0.3) is 5.91 Å². The number of sulfone groups is 1. The van der Waals surface area contributed by atoms with Gasteiger partial charge in [-0.1, -0.05) is 48.5 Å². The van der Waals surface area contributed by atoms with Crippen LogP contribution >= 0.6 is 0 Å². The second kappa shape index (κ2) is 5.71. The van der Waals surface area contributed by atoms with Gasteiger partial charge in [0.2, 0.25) is 9.84 Å². The second-order valence-corrected chi connectivity index (χ2v) is 6.02. The third-order valence-corrected chi connectivity index (χ3v) is 4.47. The molecule has 2 aromatic carbocycles. The molecule has 0 fully saturated rings. The predicted octanol–water partition coefficient (Wildman–Crippen LogP) is 1.99. The normalized spacial score (nSPS) is 12.1. The van der Waals surface area contributed by atoms with Crippen molar-refractivity contribution in [2.24, 2.45) is 5.73 Å². The Morgan fingerprint density at radius 1 is 0.900 bits per heavy atom. The lowest BCUT2D eigenvalue weighted by Crippen LogP contribution is -2.21. The maximum absolute atomic E-state index is 12.4. The maximum Gasteiger partial charge on any atom is 0.260 e. The smallest absolute Gasteiger partial charge is 0.260 e. The first-order valence-electron chi connectivity index (χ1n) is 5.88. The fourth-order valence-corrected chi connectivity index (χ4v) is 3.03. The highest BCUT2D eigenvalue weighted by atomic mass is 32.2. The Kier molecular flexibility index (Phi) is 4.00. The Bertz CT molecular complexity index is 735. The van der Waals surface area contributed by atoms with Gasteiger partial charge in [-0.2, -0.15) is 0 Å². The molecule has 0 aliphatic rings. The van der Waals surface area contributed by atoms with Crippen molar-refractivity contribution in [2.75, 3.05) is 0 Å². The van der Waals surface area contributed by atoms with Crippen LogP contribution in [0.15, 0.2) is 70.5 Å². The Balaban J connectivity index is 2.56. The van der Waals surface area contributed by atoms with Crippen LogP contribution in [0.4, 0.5) is 0 Å². The SMILES string of the molecule is NC(=O)/C(=C\c1ccccc1)S(=O)(=O)c1ccccc1. The molecule has 0 saturated carbocycles. The van der Waals surface area contributed by atoms with Crippen LogP contribution in [0.1, 0.15) is 5.56 Å². The van der Waals surface area contributed by atoms with Crippen LogP contribution in [0.25, 0.3) is 6.08 Å². The summed E-state index contributed by atoms with van der Waals surface area (Å²) in [5.41, 5.74) is 5.82. The van der Waals surface area contributed by atoms with Crippen LogP contribution in [0.3, 0.4) is 0 Å². The molecule has 1 amide bonds. The Morgan fingerprint density at radius 2 is 1.40 bits per heavy atom. The molecular formula is C15H13NO3S.